The Hall–Kier alpha value is -3.98. The van der Waals surface area contributed by atoms with Crippen LogP contribution in [-0.2, 0) is 25.6 Å². The first-order chi connectivity index (χ1) is 18.1. The van der Waals surface area contributed by atoms with Gasteiger partial charge in [-0.25, -0.2) is 9.59 Å². The van der Waals surface area contributed by atoms with E-state index in [1.165, 1.54) is 24.8 Å². The molecular weight excluding hydrogens is 486 g/mol. The topological polar surface area (TPSA) is 108 Å². The molecule has 2 heterocycles. The number of likely N-dealkylation sites (N-methyl/N-ethyl adjacent to an activating group) is 1. The second-order valence-electron chi connectivity index (χ2n) is 10.3. The van der Waals surface area contributed by atoms with E-state index in [1.54, 1.807) is 26.0 Å². The van der Waals surface area contributed by atoms with E-state index in [-0.39, 0.29) is 22.9 Å². The number of methoxy groups -OCH3 is 1. The number of dihydropyridines is 1. The molecule has 2 aliphatic heterocycles. The number of piperidine rings is 1. The van der Waals surface area contributed by atoms with Gasteiger partial charge in [-0.1, -0.05) is 42.5 Å². The molecule has 3 atom stereocenters. The van der Waals surface area contributed by atoms with E-state index in [1.807, 2.05) is 18.2 Å². The fourth-order valence-electron chi connectivity index (χ4n) is 5.65. The molecule has 0 aliphatic carbocycles. The number of ether oxygens (including phenoxy) is 2. The number of esters is 2. The maximum Gasteiger partial charge on any atom is 0.337 e. The molecular formula is C29H34N3O6+. The van der Waals surface area contributed by atoms with E-state index in [0.29, 0.717) is 23.5 Å². The van der Waals surface area contributed by atoms with Crippen LogP contribution >= 0.6 is 0 Å². The third kappa shape index (κ3) is 5.78. The SMILES string of the molecule is COC(=O)C1=C(C)NC(C)=C(C(=O)O[C@@H]2CCC[N+](C)(Cc3ccccc3)C2)[C@H]1c1cccc([N+](=O)[O-])c1. The lowest BCUT2D eigenvalue weighted by Gasteiger charge is -2.41. The molecule has 4 rings (SSSR count). The van der Waals surface area contributed by atoms with Gasteiger partial charge < -0.3 is 19.3 Å². The van der Waals surface area contributed by atoms with Gasteiger partial charge in [-0.2, -0.15) is 0 Å². The molecule has 0 saturated carbocycles. The minimum Gasteiger partial charge on any atom is -0.466 e. The van der Waals surface area contributed by atoms with Crippen molar-refractivity contribution >= 4 is 17.6 Å². The first-order valence-electron chi connectivity index (χ1n) is 12.7. The first-order valence-corrected chi connectivity index (χ1v) is 12.7. The number of rotatable bonds is 7. The Balaban J connectivity index is 1.64. The van der Waals surface area contributed by atoms with Crippen LogP contribution in [0.1, 0.15) is 43.7 Å². The highest BCUT2D eigenvalue weighted by molar-refractivity contribution is 6.00. The number of carbonyl (C=O) groups is 2. The molecule has 1 fully saturated rings. The van der Waals surface area contributed by atoms with Gasteiger partial charge in [0, 0.05) is 35.5 Å². The number of hydrogen-bond donors (Lipinski definition) is 1. The molecule has 1 saturated heterocycles. The lowest BCUT2D eigenvalue weighted by molar-refractivity contribution is -0.929. The largest absolute Gasteiger partial charge is 0.466 e. The van der Waals surface area contributed by atoms with Gasteiger partial charge in [0.1, 0.15) is 13.1 Å². The van der Waals surface area contributed by atoms with Crippen molar-refractivity contribution in [2.75, 3.05) is 27.2 Å². The molecule has 0 bridgehead atoms. The van der Waals surface area contributed by atoms with Crippen LogP contribution in [-0.4, -0.2) is 54.7 Å². The van der Waals surface area contributed by atoms with Crippen molar-refractivity contribution in [2.24, 2.45) is 0 Å². The number of likely N-dealkylation sites (tertiary alicyclic amines) is 1. The minimum atomic E-state index is -0.870. The van der Waals surface area contributed by atoms with Gasteiger partial charge in [-0.15, -0.1) is 0 Å². The quantitative estimate of drug-likeness (QED) is 0.250. The van der Waals surface area contributed by atoms with Crippen molar-refractivity contribution in [1.82, 2.24) is 5.32 Å². The third-order valence-corrected chi connectivity index (χ3v) is 7.35. The zero-order valence-corrected chi connectivity index (χ0v) is 22.2. The molecule has 200 valence electrons. The highest BCUT2D eigenvalue weighted by Gasteiger charge is 2.40. The lowest BCUT2D eigenvalue weighted by atomic mass is 9.80. The molecule has 0 aromatic heterocycles. The summed E-state index contributed by atoms with van der Waals surface area (Å²) in [6, 6.07) is 16.2. The minimum absolute atomic E-state index is 0.130. The van der Waals surface area contributed by atoms with E-state index >= 15 is 0 Å². The molecule has 1 unspecified atom stereocenters. The second-order valence-corrected chi connectivity index (χ2v) is 10.3. The van der Waals surface area contributed by atoms with E-state index in [9.17, 15) is 19.7 Å². The van der Waals surface area contributed by atoms with Crippen molar-refractivity contribution in [1.29, 1.82) is 0 Å². The zero-order chi connectivity index (χ0) is 27.4. The molecule has 2 aromatic carbocycles. The summed E-state index contributed by atoms with van der Waals surface area (Å²) in [4.78, 5) is 37.6. The number of nitro benzene ring substituents is 1. The molecule has 0 radical (unpaired) electrons. The van der Waals surface area contributed by atoms with Gasteiger partial charge >= 0.3 is 11.9 Å². The smallest absolute Gasteiger partial charge is 0.337 e. The van der Waals surface area contributed by atoms with Crippen molar-refractivity contribution in [2.45, 2.75) is 45.3 Å². The van der Waals surface area contributed by atoms with Gasteiger partial charge in [0.25, 0.3) is 5.69 Å². The van der Waals surface area contributed by atoms with Crippen LogP contribution in [0.25, 0.3) is 0 Å². The van der Waals surface area contributed by atoms with E-state index < -0.39 is 22.8 Å². The summed E-state index contributed by atoms with van der Waals surface area (Å²) >= 11 is 0. The highest BCUT2D eigenvalue weighted by atomic mass is 16.6. The Labute approximate surface area is 222 Å². The predicted octanol–water partition coefficient (Wildman–Crippen LogP) is 4.36. The van der Waals surface area contributed by atoms with Crippen molar-refractivity contribution in [3.63, 3.8) is 0 Å². The third-order valence-electron chi connectivity index (χ3n) is 7.35. The van der Waals surface area contributed by atoms with Gasteiger partial charge in [0.05, 0.1) is 42.7 Å². The second kappa shape index (κ2) is 11.2. The Morgan fingerprint density at radius 1 is 1.05 bits per heavy atom. The maximum absolute atomic E-state index is 13.8. The van der Waals surface area contributed by atoms with Crippen molar-refractivity contribution in [3.05, 3.63) is 98.4 Å². The Kier molecular flexibility index (Phi) is 7.97. The summed E-state index contributed by atoms with van der Waals surface area (Å²) in [6.45, 7) is 5.95. The van der Waals surface area contributed by atoms with Crippen LogP contribution in [0.4, 0.5) is 5.69 Å². The summed E-state index contributed by atoms with van der Waals surface area (Å²) in [5.41, 5.74) is 3.07. The molecule has 9 nitrogen and oxygen atoms in total. The number of quaternary nitrogens is 1. The van der Waals surface area contributed by atoms with Crippen LogP contribution in [0.2, 0.25) is 0 Å². The van der Waals surface area contributed by atoms with Gasteiger partial charge in [0.15, 0.2) is 6.10 Å². The molecule has 9 heteroatoms. The number of allylic oxidation sites excluding steroid dienone is 2. The van der Waals surface area contributed by atoms with Crippen LogP contribution in [0.5, 0.6) is 0 Å². The van der Waals surface area contributed by atoms with Gasteiger partial charge in [0.2, 0.25) is 0 Å². The average Bonchev–Trinajstić information content (AvgIpc) is 2.88. The molecule has 1 N–H and O–H groups in total. The van der Waals surface area contributed by atoms with Crippen LogP contribution in [0.15, 0.2) is 77.1 Å². The Bertz CT molecular complexity index is 1300. The van der Waals surface area contributed by atoms with Crippen molar-refractivity contribution < 1.29 is 28.5 Å². The predicted molar refractivity (Wildman–Crippen MR) is 142 cm³/mol. The Morgan fingerprint density at radius 3 is 2.39 bits per heavy atom. The number of nitrogens with zero attached hydrogens (tertiary/aromatic N) is 2. The first kappa shape index (κ1) is 27.1. The summed E-state index contributed by atoms with van der Waals surface area (Å²) in [5, 5.41) is 14.6. The summed E-state index contributed by atoms with van der Waals surface area (Å²) in [5.74, 6) is -2.03. The normalized spacial score (nSPS) is 23.5. The molecule has 2 aliphatic rings. The average molecular weight is 521 g/mol. The molecule has 0 amide bonds. The molecule has 38 heavy (non-hydrogen) atoms. The number of nitrogens with one attached hydrogen (secondary N) is 1. The molecule has 0 spiro atoms. The van der Waals surface area contributed by atoms with Crippen LogP contribution in [0.3, 0.4) is 0 Å². The van der Waals surface area contributed by atoms with Crippen LogP contribution in [0, 0.1) is 10.1 Å². The van der Waals surface area contributed by atoms with Crippen LogP contribution < -0.4 is 5.32 Å². The number of nitro groups is 1. The fraction of sp³-hybridized carbons (Fsp3) is 0.379. The lowest BCUT2D eigenvalue weighted by Crippen LogP contribution is -2.53. The van der Waals surface area contributed by atoms with E-state index in [0.717, 1.165) is 30.4 Å². The number of non-ortho nitro benzene ring substituents is 1. The Morgan fingerprint density at radius 2 is 1.74 bits per heavy atom. The van der Waals surface area contributed by atoms with Crippen molar-refractivity contribution in [3.8, 4) is 0 Å². The number of carbonyl (C=O) groups excluding carboxylic acids is 2. The fourth-order valence-corrected chi connectivity index (χ4v) is 5.65. The van der Waals surface area contributed by atoms with E-state index in [4.69, 9.17) is 9.47 Å². The number of benzene rings is 2. The molecule has 2 aromatic rings. The monoisotopic (exact) mass is 520 g/mol. The summed E-state index contributed by atoms with van der Waals surface area (Å²) in [6.07, 6.45) is 1.36. The summed E-state index contributed by atoms with van der Waals surface area (Å²) in [7, 11) is 3.44. The summed E-state index contributed by atoms with van der Waals surface area (Å²) < 4.78 is 11.9. The number of hydrogen-bond acceptors (Lipinski definition) is 7. The maximum atomic E-state index is 13.8. The van der Waals surface area contributed by atoms with E-state index in [2.05, 4.69) is 24.5 Å². The van der Waals surface area contributed by atoms with Gasteiger partial charge in [-0.3, -0.25) is 10.1 Å². The highest BCUT2D eigenvalue weighted by Crippen LogP contribution is 2.40. The van der Waals surface area contributed by atoms with Gasteiger partial charge in [-0.05, 0) is 25.8 Å². The zero-order valence-electron chi connectivity index (χ0n) is 22.2. The standard InChI is InChI=1S/C29H33N3O6/c1-19-25(28(33)37-4)27(22-12-8-13-23(16-22)31(35)36)26(20(2)30-19)29(34)38-24-14-9-15-32(3,18-24)17-21-10-6-5-7-11-21/h5-8,10-13,16,24,27H,9,14-15,17-18H2,1-4H3/p+1/t24-,27+,32?/m1/s1.